The van der Waals surface area contributed by atoms with Crippen molar-refractivity contribution < 1.29 is 19.4 Å². The maximum absolute atomic E-state index is 12.8. The van der Waals surface area contributed by atoms with E-state index < -0.39 is 12.3 Å². The van der Waals surface area contributed by atoms with Crippen LogP contribution in [0, 0.1) is 0 Å². The van der Waals surface area contributed by atoms with E-state index in [4.69, 9.17) is 9.47 Å². The second-order valence-corrected chi connectivity index (χ2v) is 5.14. The zero-order valence-electron chi connectivity index (χ0n) is 13.4. The highest BCUT2D eigenvalue weighted by molar-refractivity contribution is 6.00. The fourth-order valence-corrected chi connectivity index (χ4v) is 2.28. The molecule has 0 aromatic heterocycles. The molecule has 0 heterocycles. The van der Waals surface area contributed by atoms with Crippen LogP contribution in [0.4, 0.5) is 0 Å². The third-order valence-electron chi connectivity index (χ3n) is 3.49. The molecule has 0 aliphatic heterocycles. The lowest BCUT2D eigenvalue weighted by Gasteiger charge is -2.20. The molecule has 2 unspecified atom stereocenters. The molecule has 2 rings (SSSR count). The molecule has 0 bridgehead atoms. The summed E-state index contributed by atoms with van der Waals surface area (Å²) >= 11 is 0. The van der Waals surface area contributed by atoms with Gasteiger partial charge >= 0.3 is 0 Å². The third-order valence-corrected chi connectivity index (χ3v) is 3.49. The summed E-state index contributed by atoms with van der Waals surface area (Å²) in [6.45, 7) is 1.58. The van der Waals surface area contributed by atoms with Gasteiger partial charge in [-0.3, -0.25) is 10.1 Å². The second-order valence-electron chi connectivity index (χ2n) is 5.14. The van der Waals surface area contributed by atoms with Gasteiger partial charge in [-0.1, -0.05) is 12.1 Å². The number of carbonyl (C=O) groups excluding carboxylic acids is 1. The molecule has 5 heteroatoms. The number of ether oxygens (including phenoxy) is 2. The number of Topliss-reactive ketones (excluding diaryl/α,β-unsaturated/α-hetero) is 1. The van der Waals surface area contributed by atoms with Crippen molar-refractivity contribution in [3.63, 3.8) is 0 Å². The van der Waals surface area contributed by atoms with Gasteiger partial charge in [-0.15, -0.1) is 0 Å². The first-order chi connectivity index (χ1) is 11.0. The number of aliphatic hydroxyl groups excluding tert-OH is 1. The highest BCUT2D eigenvalue weighted by Crippen LogP contribution is 2.23. The molecule has 0 spiro atoms. The van der Waals surface area contributed by atoms with Crippen LogP contribution in [-0.4, -0.2) is 31.3 Å². The lowest BCUT2D eigenvalue weighted by Crippen LogP contribution is -2.35. The molecular formula is C18H21NO4. The molecule has 2 aromatic rings. The molecule has 0 saturated heterocycles. The lowest BCUT2D eigenvalue weighted by molar-refractivity contribution is 0.0856. The molecular weight excluding hydrogens is 294 g/mol. The molecule has 2 N–H and O–H groups in total. The Morgan fingerprint density at radius 3 is 1.87 bits per heavy atom. The minimum Gasteiger partial charge on any atom is -0.497 e. The van der Waals surface area contributed by atoms with E-state index >= 15 is 0 Å². The van der Waals surface area contributed by atoms with Crippen molar-refractivity contribution >= 4 is 5.78 Å². The molecule has 122 valence electrons. The van der Waals surface area contributed by atoms with Gasteiger partial charge in [0.15, 0.2) is 5.78 Å². The monoisotopic (exact) mass is 315 g/mol. The van der Waals surface area contributed by atoms with Crippen molar-refractivity contribution in [2.24, 2.45) is 0 Å². The Kier molecular flexibility index (Phi) is 5.73. The number of benzene rings is 2. The number of methoxy groups -OCH3 is 2. The lowest BCUT2D eigenvalue weighted by atomic mass is 9.97. The van der Waals surface area contributed by atoms with Gasteiger partial charge in [0.25, 0.3) is 0 Å². The zero-order chi connectivity index (χ0) is 16.8. The summed E-state index contributed by atoms with van der Waals surface area (Å²) in [6, 6.07) is 13.4. The standard InChI is InChI=1S/C18H21NO4/c1-12(20)19-17(13-4-8-15(22-2)9-5-13)18(21)14-6-10-16(23-3)11-7-14/h4-12,17,19-20H,1-3H3. The minimum absolute atomic E-state index is 0.126. The largest absolute Gasteiger partial charge is 0.497 e. The molecule has 0 radical (unpaired) electrons. The quantitative estimate of drug-likeness (QED) is 0.607. The summed E-state index contributed by atoms with van der Waals surface area (Å²) in [4.78, 5) is 12.8. The van der Waals surface area contributed by atoms with Crippen molar-refractivity contribution in [1.29, 1.82) is 0 Å². The molecule has 0 aliphatic rings. The van der Waals surface area contributed by atoms with Crippen molar-refractivity contribution in [3.05, 3.63) is 59.7 Å². The summed E-state index contributed by atoms with van der Waals surface area (Å²) in [6.07, 6.45) is -0.815. The Hall–Kier alpha value is -2.37. The predicted molar refractivity (Wildman–Crippen MR) is 87.9 cm³/mol. The molecule has 2 aromatic carbocycles. The van der Waals surface area contributed by atoms with Crippen molar-refractivity contribution in [2.45, 2.75) is 19.2 Å². The Morgan fingerprint density at radius 1 is 0.957 bits per heavy atom. The molecule has 0 aliphatic carbocycles. The van der Waals surface area contributed by atoms with Crippen molar-refractivity contribution in [1.82, 2.24) is 5.32 Å². The number of nitrogens with one attached hydrogen (secondary N) is 1. The van der Waals surface area contributed by atoms with E-state index in [-0.39, 0.29) is 5.78 Å². The maximum Gasteiger partial charge on any atom is 0.184 e. The topological polar surface area (TPSA) is 67.8 Å². The number of aliphatic hydroxyl groups is 1. The Bertz CT molecular complexity index is 635. The summed E-state index contributed by atoms with van der Waals surface area (Å²) < 4.78 is 10.2. The van der Waals surface area contributed by atoms with Crippen molar-refractivity contribution in [3.8, 4) is 11.5 Å². The van der Waals surface area contributed by atoms with Gasteiger partial charge in [0.1, 0.15) is 17.7 Å². The molecule has 0 amide bonds. The fraction of sp³-hybridized carbons (Fsp3) is 0.278. The van der Waals surface area contributed by atoms with E-state index in [0.29, 0.717) is 17.1 Å². The highest BCUT2D eigenvalue weighted by atomic mass is 16.5. The minimum atomic E-state index is -0.815. The van der Waals surface area contributed by atoms with Crippen LogP contribution >= 0.6 is 0 Å². The van der Waals surface area contributed by atoms with Gasteiger partial charge in [0.2, 0.25) is 0 Å². The van der Waals surface area contributed by atoms with Crippen LogP contribution < -0.4 is 14.8 Å². The molecule has 5 nitrogen and oxygen atoms in total. The molecule has 0 fully saturated rings. The van der Waals surface area contributed by atoms with E-state index in [1.54, 1.807) is 69.7 Å². The predicted octanol–water partition coefficient (Wildman–Crippen LogP) is 2.56. The second kappa shape index (κ2) is 7.76. The Balaban J connectivity index is 2.30. The zero-order valence-corrected chi connectivity index (χ0v) is 13.4. The molecule has 2 atom stereocenters. The van der Waals surface area contributed by atoms with Gasteiger partial charge in [0.05, 0.1) is 20.3 Å². The van der Waals surface area contributed by atoms with Gasteiger partial charge in [0, 0.05) is 5.56 Å². The van der Waals surface area contributed by atoms with Crippen LogP contribution in [0.25, 0.3) is 0 Å². The fourth-order valence-electron chi connectivity index (χ4n) is 2.28. The smallest absolute Gasteiger partial charge is 0.184 e. The first-order valence-electron chi connectivity index (χ1n) is 7.31. The summed E-state index contributed by atoms with van der Waals surface area (Å²) in [5.41, 5.74) is 1.30. The summed E-state index contributed by atoms with van der Waals surface area (Å²) in [5.74, 6) is 1.27. The van der Waals surface area contributed by atoms with Gasteiger partial charge < -0.3 is 14.6 Å². The average molecular weight is 315 g/mol. The van der Waals surface area contributed by atoms with E-state index in [1.807, 2.05) is 0 Å². The van der Waals surface area contributed by atoms with E-state index in [1.165, 1.54) is 0 Å². The average Bonchev–Trinajstić information content (AvgIpc) is 2.59. The van der Waals surface area contributed by atoms with E-state index in [9.17, 15) is 9.90 Å². The number of rotatable bonds is 7. The van der Waals surface area contributed by atoms with E-state index in [0.717, 1.165) is 5.56 Å². The molecule has 23 heavy (non-hydrogen) atoms. The number of ketones is 1. The summed E-state index contributed by atoms with van der Waals surface area (Å²) in [5, 5.41) is 12.5. The van der Waals surface area contributed by atoms with Crippen LogP contribution in [-0.2, 0) is 0 Å². The number of hydrogen-bond acceptors (Lipinski definition) is 5. The van der Waals surface area contributed by atoms with Crippen molar-refractivity contribution in [2.75, 3.05) is 14.2 Å². The van der Waals surface area contributed by atoms with Gasteiger partial charge in [-0.25, -0.2) is 0 Å². The first kappa shape index (κ1) is 17.0. The molecule has 0 saturated carbocycles. The Morgan fingerprint density at radius 2 is 1.43 bits per heavy atom. The van der Waals surface area contributed by atoms with Crippen LogP contribution in [0.1, 0.15) is 28.9 Å². The van der Waals surface area contributed by atoms with Crippen LogP contribution in [0.15, 0.2) is 48.5 Å². The number of hydrogen-bond donors (Lipinski definition) is 2. The highest BCUT2D eigenvalue weighted by Gasteiger charge is 2.23. The number of carbonyl (C=O) groups is 1. The van der Waals surface area contributed by atoms with Crippen LogP contribution in [0.2, 0.25) is 0 Å². The van der Waals surface area contributed by atoms with E-state index in [2.05, 4.69) is 5.32 Å². The summed E-state index contributed by atoms with van der Waals surface area (Å²) in [7, 11) is 3.16. The van der Waals surface area contributed by atoms with Crippen LogP contribution in [0.3, 0.4) is 0 Å². The SMILES string of the molecule is COc1ccc(C(=O)C(NC(C)O)c2ccc(OC)cc2)cc1. The normalized spacial score (nSPS) is 13.2. The van der Waals surface area contributed by atoms with Crippen LogP contribution in [0.5, 0.6) is 11.5 Å². The first-order valence-corrected chi connectivity index (χ1v) is 7.31. The Labute approximate surface area is 135 Å². The maximum atomic E-state index is 12.8. The van der Waals surface area contributed by atoms with Gasteiger partial charge in [-0.05, 0) is 48.9 Å². The van der Waals surface area contributed by atoms with Gasteiger partial charge in [-0.2, -0.15) is 0 Å². The third kappa shape index (κ3) is 4.31.